The number of hydrogen-bond donors (Lipinski definition) is 1. The van der Waals surface area contributed by atoms with Gasteiger partial charge in [-0.2, -0.15) is 18.2 Å². The molecule has 1 N–H and O–H groups in total. The van der Waals surface area contributed by atoms with Crippen molar-refractivity contribution in [2.75, 3.05) is 20.8 Å². The van der Waals surface area contributed by atoms with Crippen LogP contribution in [0.4, 0.5) is 13.2 Å². The molecule has 3 heterocycles. The minimum absolute atomic E-state index is 0.244. The zero-order chi connectivity index (χ0) is 22.9. The molecule has 3 aromatic rings. The van der Waals surface area contributed by atoms with Crippen molar-refractivity contribution in [1.29, 1.82) is 0 Å². The Labute approximate surface area is 181 Å². The van der Waals surface area contributed by atoms with E-state index in [1.807, 2.05) is 6.07 Å². The molecule has 1 aliphatic rings. The number of rotatable bonds is 5. The summed E-state index contributed by atoms with van der Waals surface area (Å²) in [6.07, 6.45) is -3.91. The van der Waals surface area contributed by atoms with E-state index in [1.54, 1.807) is 6.07 Å². The largest absolute Gasteiger partial charge is 0.481 e. The van der Waals surface area contributed by atoms with Gasteiger partial charge in [-0.25, -0.2) is 4.98 Å². The number of aromatic amines is 1. The van der Waals surface area contributed by atoms with Crippen LogP contribution in [0, 0.1) is 0 Å². The van der Waals surface area contributed by atoms with Crippen molar-refractivity contribution >= 4 is 0 Å². The van der Waals surface area contributed by atoms with Gasteiger partial charge in [-0.1, -0.05) is 12.1 Å². The Balaban J connectivity index is 1.58. The lowest BCUT2D eigenvalue weighted by Gasteiger charge is -2.28. The summed E-state index contributed by atoms with van der Waals surface area (Å²) >= 11 is 0. The van der Waals surface area contributed by atoms with E-state index in [-0.39, 0.29) is 11.4 Å². The fourth-order valence-electron chi connectivity index (χ4n) is 3.69. The van der Waals surface area contributed by atoms with Gasteiger partial charge in [0.05, 0.1) is 25.5 Å². The van der Waals surface area contributed by atoms with Crippen molar-refractivity contribution < 1.29 is 22.6 Å². The van der Waals surface area contributed by atoms with Gasteiger partial charge in [0.25, 0.3) is 5.56 Å². The first kappa shape index (κ1) is 21.8. The van der Waals surface area contributed by atoms with E-state index in [0.29, 0.717) is 54.6 Å². The zero-order valence-electron chi connectivity index (χ0n) is 17.5. The molecule has 0 radical (unpaired) electrons. The number of alkyl halides is 3. The first-order valence-corrected chi connectivity index (χ1v) is 9.88. The van der Waals surface area contributed by atoms with Crippen molar-refractivity contribution in [2.45, 2.75) is 25.7 Å². The Morgan fingerprint density at radius 1 is 1.06 bits per heavy atom. The van der Waals surface area contributed by atoms with Gasteiger partial charge in [0.15, 0.2) is 0 Å². The van der Waals surface area contributed by atoms with Crippen molar-refractivity contribution in [1.82, 2.24) is 19.9 Å². The van der Waals surface area contributed by atoms with Crippen LogP contribution in [0.3, 0.4) is 0 Å². The molecule has 168 valence electrons. The number of fused-ring (bicyclic) bond motifs is 1. The maximum atomic E-state index is 12.8. The third-order valence-corrected chi connectivity index (χ3v) is 5.35. The number of methoxy groups -OCH3 is 2. The molecule has 0 spiro atoms. The van der Waals surface area contributed by atoms with Crippen molar-refractivity contribution in [3.63, 3.8) is 0 Å². The normalized spacial score (nSPS) is 14.2. The maximum Gasteiger partial charge on any atom is 0.416 e. The summed E-state index contributed by atoms with van der Waals surface area (Å²) in [5.41, 5.74) is 1.45. The van der Waals surface area contributed by atoms with Gasteiger partial charge in [0.2, 0.25) is 11.8 Å². The molecule has 0 aliphatic carbocycles. The molecule has 0 unspecified atom stereocenters. The fourth-order valence-corrected chi connectivity index (χ4v) is 3.69. The van der Waals surface area contributed by atoms with Crippen LogP contribution in [0.5, 0.6) is 11.8 Å². The van der Waals surface area contributed by atoms with E-state index in [1.165, 1.54) is 26.4 Å². The lowest BCUT2D eigenvalue weighted by atomic mass is 10.0. The Hall–Kier alpha value is -3.40. The lowest BCUT2D eigenvalue weighted by Crippen LogP contribution is -2.35. The number of nitrogens with zero attached hydrogens (tertiary/aromatic N) is 3. The third-order valence-electron chi connectivity index (χ3n) is 5.35. The smallest absolute Gasteiger partial charge is 0.416 e. The van der Waals surface area contributed by atoms with E-state index >= 15 is 0 Å². The minimum Gasteiger partial charge on any atom is -0.481 e. The second kappa shape index (κ2) is 8.62. The van der Waals surface area contributed by atoms with Crippen molar-refractivity contribution in [3.8, 4) is 23.1 Å². The number of nitrogens with one attached hydrogen (secondary N) is 1. The van der Waals surface area contributed by atoms with Gasteiger partial charge in [-0.3, -0.25) is 9.69 Å². The van der Waals surface area contributed by atoms with Crippen LogP contribution in [-0.4, -0.2) is 40.6 Å². The fraction of sp³-hybridized carbons (Fsp3) is 0.318. The number of H-pyrrole nitrogens is 1. The topological polar surface area (TPSA) is 80.3 Å². The van der Waals surface area contributed by atoms with Crippen LogP contribution >= 0.6 is 0 Å². The summed E-state index contributed by atoms with van der Waals surface area (Å²) in [7, 11) is 3.06. The Kier molecular flexibility index (Phi) is 5.88. The van der Waals surface area contributed by atoms with E-state index in [2.05, 4.69) is 19.9 Å². The molecule has 7 nitrogen and oxygen atoms in total. The average Bonchev–Trinajstić information content (AvgIpc) is 2.78. The van der Waals surface area contributed by atoms with Gasteiger partial charge in [-0.15, -0.1) is 0 Å². The molecule has 1 aromatic carbocycles. The van der Waals surface area contributed by atoms with E-state index in [0.717, 1.165) is 17.7 Å². The van der Waals surface area contributed by atoms with E-state index in [9.17, 15) is 18.0 Å². The molecule has 10 heteroatoms. The molecule has 0 amide bonds. The van der Waals surface area contributed by atoms with Crippen LogP contribution in [0.1, 0.15) is 22.4 Å². The molecular formula is C22H21F3N4O3. The van der Waals surface area contributed by atoms with Crippen LogP contribution < -0.4 is 15.0 Å². The van der Waals surface area contributed by atoms with Crippen LogP contribution in [0.15, 0.2) is 41.2 Å². The lowest BCUT2D eigenvalue weighted by molar-refractivity contribution is -0.137. The summed E-state index contributed by atoms with van der Waals surface area (Å²) in [5.74, 6) is 1.15. The molecule has 0 saturated carbocycles. The van der Waals surface area contributed by atoms with Crippen molar-refractivity contribution in [2.24, 2.45) is 0 Å². The number of aromatic nitrogens is 3. The number of halogens is 3. The highest BCUT2D eigenvalue weighted by Gasteiger charge is 2.30. The van der Waals surface area contributed by atoms with Crippen molar-refractivity contribution in [3.05, 3.63) is 69.1 Å². The Morgan fingerprint density at radius 3 is 2.47 bits per heavy atom. The molecule has 4 rings (SSSR count). The Bertz CT molecular complexity index is 1180. The second-order valence-corrected chi connectivity index (χ2v) is 7.40. The average molecular weight is 446 g/mol. The summed E-state index contributed by atoms with van der Waals surface area (Å²) in [5, 5.41) is 0. The number of hydrogen-bond acceptors (Lipinski definition) is 6. The molecule has 0 atom stereocenters. The quantitative estimate of drug-likeness (QED) is 0.647. The van der Waals surface area contributed by atoms with E-state index in [4.69, 9.17) is 9.47 Å². The van der Waals surface area contributed by atoms with Crippen LogP contribution in [0.25, 0.3) is 11.4 Å². The minimum atomic E-state index is -4.42. The summed E-state index contributed by atoms with van der Waals surface area (Å²) in [6.45, 7) is 1.60. The predicted octanol–water partition coefficient (Wildman–Crippen LogP) is 3.43. The predicted molar refractivity (Wildman–Crippen MR) is 110 cm³/mol. The van der Waals surface area contributed by atoms with E-state index < -0.39 is 11.7 Å². The van der Waals surface area contributed by atoms with Gasteiger partial charge < -0.3 is 14.5 Å². The Morgan fingerprint density at radius 2 is 1.81 bits per heavy atom. The molecule has 2 aromatic heterocycles. The number of pyridine rings is 1. The first-order chi connectivity index (χ1) is 15.3. The summed E-state index contributed by atoms with van der Waals surface area (Å²) in [4.78, 5) is 26.2. The van der Waals surface area contributed by atoms with Gasteiger partial charge in [0, 0.05) is 42.4 Å². The summed E-state index contributed by atoms with van der Waals surface area (Å²) in [6, 6.07) is 8.19. The molecule has 1 aliphatic heterocycles. The van der Waals surface area contributed by atoms with Crippen LogP contribution in [0.2, 0.25) is 0 Å². The third kappa shape index (κ3) is 4.45. The highest BCUT2D eigenvalue weighted by molar-refractivity contribution is 5.56. The highest BCUT2D eigenvalue weighted by atomic mass is 19.4. The number of benzene rings is 1. The van der Waals surface area contributed by atoms with Crippen LogP contribution in [-0.2, 0) is 25.7 Å². The zero-order valence-corrected chi connectivity index (χ0v) is 17.5. The summed E-state index contributed by atoms with van der Waals surface area (Å²) < 4.78 is 49.0. The molecule has 0 fully saturated rings. The first-order valence-electron chi connectivity index (χ1n) is 9.88. The molecular weight excluding hydrogens is 425 g/mol. The SMILES string of the molecule is COc1ccc(CN2CCc3c(nc(-c4ccc(C(F)(F)F)cc4)[nH]c3=O)C2)c(OC)n1. The number of ether oxygens (including phenoxy) is 2. The molecule has 32 heavy (non-hydrogen) atoms. The standard InChI is InChI=1S/C22H21F3N4O3/c1-31-18-8-5-14(21(27-18)32-2)11-29-10-9-16-17(12-29)26-19(28-20(16)30)13-3-6-15(7-4-13)22(23,24)25/h3-8H,9-12H2,1-2H3,(H,26,28,30). The van der Waals surface area contributed by atoms with Gasteiger partial charge in [-0.05, 0) is 24.6 Å². The van der Waals surface area contributed by atoms with Gasteiger partial charge in [0.1, 0.15) is 5.82 Å². The highest BCUT2D eigenvalue weighted by Crippen LogP contribution is 2.30. The molecule has 0 bridgehead atoms. The maximum absolute atomic E-state index is 12.8. The monoisotopic (exact) mass is 446 g/mol. The van der Waals surface area contributed by atoms with Gasteiger partial charge >= 0.3 is 6.18 Å². The second-order valence-electron chi connectivity index (χ2n) is 7.40. The molecule has 0 saturated heterocycles.